The molecule has 8 amide bonds. The van der Waals surface area contributed by atoms with E-state index in [0.29, 0.717) is 6.42 Å². The zero-order valence-electron chi connectivity index (χ0n) is 39.0. The lowest BCUT2D eigenvalue weighted by atomic mass is 9.99. The second kappa shape index (κ2) is 25.9. The van der Waals surface area contributed by atoms with Crippen molar-refractivity contribution in [1.82, 2.24) is 42.1 Å². The summed E-state index contributed by atoms with van der Waals surface area (Å²) in [6, 6.07) is -5.12. The lowest BCUT2D eigenvalue weighted by molar-refractivity contribution is -0.143. The van der Waals surface area contributed by atoms with Gasteiger partial charge in [0, 0.05) is 31.6 Å². The lowest BCUT2D eigenvalue weighted by Gasteiger charge is -2.32. The number of phenolic OH excluding ortho intramolecular Hbond substituents is 1. The summed E-state index contributed by atoms with van der Waals surface area (Å²) in [6.45, 7) is 8.15. The van der Waals surface area contributed by atoms with E-state index >= 15 is 0 Å². The number of carbonyl (C=O) groups is 8. The van der Waals surface area contributed by atoms with E-state index in [4.69, 9.17) is 15.7 Å². The van der Waals surface area contributed by atoms with E-state index in [1.54, 1.807) is 41.5 Å². The Bertz CT molecular complexity index is 2100. The highest BCUT2D eigenvalue weighted by molar-refractivity contribution is 7.80. The molecular weight excluding hydrogens is 915 g/mol. The van der Waals surface area contributed by atoms with E-state index < -0.39 is 137 Å². The molecule has 2 saturated heterocycles. The molecule has 25 nitrogen and oxygen atoms in total. The van der Waals surface area contributed by atoms with Crippen molar-refractivity contribution in [3.63, 3.8) is 0 Å². The van der Waals surface area contributed by atoms with Crippen molar-refractivity contribution < 1.29 is 65.7 Å². The van der Waals surface area contributed by atoms with Gasteiger partial charge in [-0.25, -0.2) is 4.18 Å². The first-order valence-corrected chi connectivity index (χ1v) is 23.7. The van der Waals surface area contributed by atoms with Crippen LogP contribution in [0, 0.1) is 17.8 Å². The maximum absolute atomic E-state index is 14.6. The van der Waals surface area contributed by atoms with Crippen LogP contribution in [0.1, 0.15) is 90.4 Å². The van der Waals surface area contributed by atoms with Crippen molar-refractivity contribution in [1.29, 1.82) is 0 Å². The number of nitrogens with two attached hydrogens (primary N) is 2. The number of unbranched alkanes of at least 4 members (excludes halogenated alkanes) is 1. The van der Waals surface area contributed by atoms with Crippen molar-refractivity contribution in [3.8, 4) is 5.75 Å². The Morgan fingerprint density at radius 1 is 0.765 bits per heavy atom. The number of aliphatic hydroxyl groups excluding tert-OH is 1. The summed E-state index contributed by atoms with van der Waals surface area (Å²) in [4.78, 5) is 117. The van der Waals surface area contributed by atoms with Crippen molar-refractivity contribution in [2.45, 2.75) is 128 Å². The van der Waals surface area contributed by atoms with Gasteiger partial charge in [-0.1, -0.05) is 41.5 Å². The van der Waals surface area contributed by atoms with Gasteiger partial charge in [-0.3, -0.25) is 47.9 Å². The van der Waals surface area contributed by atoms with E-state index in [1.807, 2.05) is 0 Å². The first-order chi connectivity index (χ1) is 31.8. The number of nitrogens with one attached hydrogen (secondary N) is 7. The van der Waals surface area contributed by atoms with Crippen LogP contribution in [0.15, 0.2) is 29.3 Å². The Morgan fingerprint density at radius 2 is 1.29 bits per heavy atom. The summed E-state index contributed by atoms with van der Waals surface area (Å²) in [5.74, 6) is -9.02. The zero-order valence-corrected chi connectivity index (χ0v) is 39.8. The number of carbonyl (C=O) groups excluding carboxylic acids is 8. The number of aromatic hydroxyl groups is 1. The molecule has 0 aromatic heterocycles. The van der Waals surface area contributed by atoms with Gasteiger partial charge >= 0.3 is 10.4 Å². The molecule has 68 heavy (non-hydrogen) atoms. The average molecular weight is 982 g/mol. The fraction of sp³-hybridized carbons (Fsp3) is 0.643. The molecule has 2 fully saturated rings. The molecule has 1 aromatic rings. The number of rotatable bonds is 16. The predicted molar refractivity (Wildman–Crippen MR) is 244 cm³/mol. The maximum atomic E-state index is 14.6. The van der Waals surface area contributed by atoms with Gasteiger partial charge < -0.3 is 63.8 Å². The highest BCUT2D eigenvalue weighted by Crippen LogP contribution is 2.25. The Labute approximate surface area is 395 Å². The molecule has 2 heterocycles. The van der Waals surface area contributed by atoms with Crippen LogP contribution in [0.3, 0.4) is 0 Å². The second-order valence-corrected chi connectivity index (χ2v) is 18.8. The minimum Gasteiger partial charge on any atom is -0.508 e. The molecule has 2 aliphatic rings. The van der Waals surface area contributed by atoms with Crippen LogP contribution in [0.2, 0.25) is 0 Å². The Balaban J connectivity index is 2.16. The van der Waals surface area contributed by atoms with Crippen molar-refractivity contribution in [2.75, 3.05) is 26.2 Å². The third-order valence-electron chi connectivity index (χ3n) is 11.0. The molecule has 0 bridgehead atoms. The molecule has 14 N–H and O–H groups in total. The number of benzene rings is 1. The number of phenols is 1. The van der Waals surface area contributed by atoms with Crippen LogP contribution in [0.5, 0.6) is 5.75 Å². The van der Waals surface area contributed by atoms with Gasteiger partial charge in [-0.2, -0.15) is 8.42 Å². The topological polar surface area (TPSA) is 392 Å². The van der Waals surface area contributed by atoms with Crippen molar-refractivity contribution in [2.24, 2.45) is 34.2 Å². The van der Waals surface area contributed by atoms with Gasteiger partial charge in [0.05, 0.1) is 12.7 Å². The largest absolute Gasteiger partial charge is 0.508 e. The average Bonchev–Trinajstić information content (AvgIpc) is 3.66. The molecule has 0 saturated carbocycles. The van der Waals surface area contributed by atoms with E-state index in [-0.39, 0.29) is 62.0 Å². The SMILES string of the molecule is CC(C)CC1NC(=O)C(CO)NC(=O)C(C(C)C)NC(=O)C(CCNC(=O)c2ccc(O)cc2)NC(=O)C2CC(OS(=O)(=O)O)CN2C(=O)C(C(C)C)NC(=O)C(CCCCN=C(N)N)NC1=O. The number of aliphatic imine (C=N–C) groups is 1. The van der Waals surface area contributed by atoms with E-state index in [1.165, 1.54) is 24.3 Å². The molecule has 0 radical (unpaired) electrons. The van der Waals surface area contributed by atoms with E-state index in [0.717, 1.165) is 4.90 Å². The van der Waals surface area contributed by atoms with Crippen LogP contribution >= 0.6 is 0 Å². The summed E-state index contributed by atoms with van der Waals surface area (Å²) in [5, 5.41) is 37.9. The zero-order chi connectivity index (χ0) is 51.0. The standard InChI is InChI=1S/C42H67N11O14S/c1-21(2)17-29-37(59)47-27(9-7-8-15-46-42(43)44)35(57)52-33(23(5)6)41(63)53-19-26(67-68(64,65)66)18-31(53)39(61)48-28(14-16-45-34(56)24-10-12-25(55)13-11-24)36(58)51-32(22(3)4)40(62)50-30(20-54)38(60)49-29/h10-13,21-23,26-33,54-55H,7-9,14-20H2,1-6H3,(H,45,56)(H,47,59)(H,48,61)(H,49,60)(H,50,62)(H,51,58)(H,52,57)(H4,43,44,46)(H,64,65,66). The van der Waals surface area contributed by atoms with Gasteiger partial charge in [0.25, 0.3) is 5.91 Å². The third-order valence-corrected chi connectivity index (χ3v) is 11.6. The van der Waals surface area contributed by atoms with Crippen LogP contribution in [0.25, 0.3) is 0 Å². The number of fused-ring (bicyclic) bond motifs is 1. The van der Waals surface area contributed by atoms with Gasteiger partial charge in [0.1, 0.15) is 48.0 Å². The van der Waals surface area contributed by atoms with Crippen molar-refractivity contribution >= 4 is 63.6 Å². The molecule has 2 aliphatic heterocycles. The van der Waals surface area contributed by atoms with Crippen molar-refractivity contribution in [3.05, 3.63) is 29.8 Å². The number of hydrogen-bond acceptors (Lipinski definition) is 14. The number of amides is 8. The smallest absolute Gasteiger partial charge is 0.397 e. The van der Waals surface area contributed by atoms with E-state index in [2.05, 4.69) is 42.2 Å². The summed E-state index contributed by atoms with van der Waals surface area (Å²) in [7, 11) is -5.14. The summed E-state index contributed by atoms with van der Waals surface area (Å²) >= 11 is 0. The Morgan fingerprint density at radius 3 is 1.85 bits per heavy atom. The Hall–Kier alpha value is -6.12. The highest BCUT2D eigenvalue weighted by Gasteiger charge is 2.46. The molecular formula is C42H67N11O14S. The third kappa shape index (κ3) is 17.5. The molecule has 3 rings (SSSR count). The number of nitrogens with zero attached hydrogens (tertiary/aromatic N) is 2. The van der Waals surface area contributed by atoms with Crippen LogP contribution in [-0.2, 0) is 48.1 Å². The van der Waals surface area contributed by atoms with Gasteiger partial charge in [-0.05, 0) is 74.1 Å². The first-order valence-electron chi connectivity index (χ1n) is 22.3. The van der Waals surface area contributed by atoms with E-state index in [9.17, 15) is 61.5 Å². The minimum absolute atomic E-state index is 0.0261. The molecule has 380 valence electrons. The van der Waals surface area contributed by atoms with Gasteiger partial charge in [-0.15, -0.1) is 0 Å². The maximum Gasteiger partial charge on any atom is 0.397 e. The number of aliphatic hydroxyl groups is 1. The molecule has 0 spiro atoms. The Kier molecular flexibility index (Phi) is 21.4. The van der Waals surface area contributed by atoms with Gasteiger partial charge in [0.2, 0.25) is 41.4 Å². The molecule has 1 aromatic carbocycles. The van der Waals surface area contributed by atoms with Crippen LogP contribution in [0.4, 0.5) is 0 Å². The van der Waals surface area contributed by atoms with Crippen LogP contribution < -0.4 is 48.7 Å². The summed E-state index contributed by atoms with van der Waals surface area (Å²) in [5.41, 5.74) is 11.0. The number of hydrogen-bond donors (Lipinski definition) is 12. The summed E-state index contributed by atoms with van der Waals surface area (Å²) < 4.78 is 38.2. The fourth-order valence-electron chi connectivity index (χ4n) is 7.49. The molecule has 0 aliphatic carbocycles. The number of guanidine groups is 1. The minimum atomic E-state index is -5.14. The summed E-state index contributed by atoms with van der Waals surface area (Å²) in [6.07, 6.45) is -1.73. The highest BCUT2D eigenvalue weighted by atomic mass is 32.3. The molecule has 26 heteroatoms. The first kappa shape index (κ1) is 56.2. The monoisotopic (exact) mass is 981 g/mol. The second-order valence-electron chi connectivity index (χ2n) is 17.8. The molecule has 8 atom stereocenters. The van der Waals surface area contributed by atoms with Gasteiger partial charge in [0.15, 0.2) is 5.96 Å². The normalized spacial score (nSPS) is 25.0. The van der Waals surface area contributed by atoms with Crippen LogP contribution in [-0.4, -0.2) is 156 Å². The fourth-order valence-corrected chi connectivity index (χ4v) is 7.97. The molecule has 8 unspecified atom stereocenters. The predicted octanol–water partition coefficient (Wildman–Crippen LogP) is -2.98. The lowest BCUT2D eigenvalue weighted by Crippen LogP contribution is -2.61. The quantitative estimate of drug-likeness (QED) is 0.0340.